The van der Waals surface area contributed by atoms with Gasteiger partial charge in [-0.3, -0.25) is 0 Å². The van der Waals surface area contributed by atoms with Crippen molar-refractivity contribution in [2.75, 3.05) is 6.26 Å². The minimum absolute atomic E-state index is 0.129. The number of benzene rings is 2. The quantitative estimate of drug-likeness (QED) is 0.802. The van der Waals surface area contributed by atoms with Gasteiger partial charge in [-0.15, -0.1) is 0 Å². The van der Waals surface area contributed by atoms with E-state index in [0.29, 0.717) is 0 Å². The Bertz CT molecular complexity index is 847. The van der Waals surface area contributed by atoms with Crippen LogP contribution < -0.4 is 0 Å². The molecule has 0 spiro atoms. The Morgan fingerprint density at radius 1 is 1.13 bits per heavy atom. The molecular weight excluding hydrogens is 326 g/mol. The van der Waals surface area contributed by atoms with Gasteiger partial charge in [-0.1, -0.05) is 12.1 Å². The van der Waals surface area contributed by atoms with Gasteiger partial charge >= 0.3 is 5.97 Å². The smallest absolute Gasteiger partial charge is 0.340 e. The van der Waals surface area contributed by atoms with Gasteiger partial charge in [0.15, 0.2) is 9.84 Å². The molecule has 0 fully saturated rings. The summed E-state index contributed by atoms with van der Waals surface area (Å²) in [4.78, 5) is 12.0. The van der Waals surface area contributed by atoms with Gasteiger partial charge in [-0.05, 0) is 37.3 Å². The lowest BCUT2D eigenvalue weighted by molar-refractivity contribution is 0.0326. The van der Waals surface area contributed by atoms with Crippen LogP contribution >= 0.6 is 0 Å². The number of esters is 1. The fraction of sp³-hybridized carbons (Fsp3) is 0.188. The summed E-state index contributed by atoms with van der Waals surface area (Å²) in [5.41, 5.74) is -0.283. The van der Waals surface area contributed by atoms with E-state index in [1.165, 1.54) is 31.2 Å². The summed E-state index contributed by atoms with van der Waals surface area (Å²) in [6, 6.07) is 8.34. The van der Waals surface area contributed by atoms with Gasteiger partial charge in [0.25, 0.3) is 0 Å². The maximum Gasteiger partial charge on any atom is 0.340 e. The predicted molar refractivity (Wildman–Crippen MR) is 79.7 cm³/mol. The van der Waals surface area contributed by atoms with E-state index in [0.717, 1.165) is 24.5 Å². The van der Waals surface area contributed by atoms with Crippen molar-refractivity contribution in [1.29, 1.82) is 0 Å². The van der Waals surface area contributed by atoms with Gasteiger partial charge in [0.2, 0.25) is 0 Å². The van der Waals surface area contributed by atoms with Crippen molar-refractivity contribution in [3.05, 3.63) is 65.2 Å². The highest BCUT2D eigenvalue weighted by Crippen LogP contribution is 2.24. The van der Waals surface area contributed by atoms with Crippen LogP contribution in [0.3, 0.4) is 0 Å². The molecule has 4 nitrogen and oxygen atoms in total. The van der Waals surface area contributed by atoms with E-state index in [9.17, 15) is 22.0 Å². The zero-order valence-electron chi connectivity index (χ0n) is 12.4. The molecule has 0 aromatic heterocycles. The first kappa shape index (κ1) is 17.1. The van der Waals surface area contributed by atoms with Crippen LogP contribution in [0.4, 0.5) is 8.78 Å². The number of sulfone groups is 1. The standard InChI is InChI=1S/C16H14F2O4S/c1-10(13-9-11(17)7-8-14(13)18)22-16(19)12-5-3-4-6-15(12)23(2,20)21/h3-10H,1-2H3/t10-/m1/s1. The minimum atomic E-state index is -3.63. The fourth-order valence-electron chi connectivity index (χ4n) is 2.07. The zero-order chi connectivity index (χ0) is 17.2. The fourth-order valence-corrected chi connectivity index (χ4v) is 2.95. The summed E-state index contributed by atoms with van der Waals surface area (Å²) in [6.07, 6.45) is -0.111. The molecule has 1 atom stereocenters. The Hall–Kier alpha value is -2.28. The number of carbonyl (C=O) groups excluding carboxylic acids is 1. The lowest BCUT2D eigenvalue weighted by Crippen LogP contribution is -2.14. The third-order valence-electron chi connectivity index (χ3n) is 3.19. The normalized spacial score (nSPS) is 12.7. The monoisotopic (exact) mass is 340 g/mol. The minimum Gasteiger partial charge on any atom is -0.454 e. The van der Waals surface area contributed by atoms with Crippen LogP contribution in [0, 0.1) is 11.6 Å². The number of hydrogen-bond acceptors (Lipinski definition) is 4. The Balaban J connectivity index is 2.31. The van der Waals surface area contributed by atoms with Crippen LogP contribution in [0.25, 0.3) is 0 Å². The molecule has 23 heavy (non-hydrogen) atoms. The lowest BCUT2D eigenvalue weighted by atomic mass is 10.1. The first-order chi connectivity index (χ1) is 10.7. The van der Waals surface area contributed by atoms with E-state index in [-0.39, 0.29) is 16.0 Å². The van der Waals surface area contributed by atoms with E-state index < -0.39 is 33.5 Å². The molecule has 0 N–H and O–H groups in total. The molecule has 2 aromatic carbocycles. The van der Waals surface area contributed by atoms with Crippen molar-refractivity contribution in [1.82, 2.24) is 0 Å². The molecule has 0 bridgehead atoms. The second-order valence-corrected chi connectivity index (χ2v) is 6.97. The van der Waals surface area contributed by atoms with Gasteiger partial charge in [0.1, 0.15) is 17.7 Å². The molecule has 0 aliphatic rings. The van der Waals surface area contributed by atoms with Crippen molar-refractivity contribution in [3.8, 4) is 0 Å². The SMILES string of the molecule is C[C@@H](OC(=O)c1ccccc1S(C)(=O)=O)c1cc(F)ccc1F. The number of rotatable bonds is 4. The molecule has 0 aliphatic carbocycles. The van der Waals surface area contributed by atoms with Crippen LogP contribution in [-0.2, 0) is 14.6 Å². The molecule has 0 aliphatic heterocycles. The molecule has 0 amide bonds. The summed E-state index contributed by atoms with van der Waals surface area (Å²) >= 11 is 0. The highest BCUT2D eigenvalue weighted by Gasteiger charge is 2.22. The molecule has 2 aromatic rings. The van der Waals surface area contributed by atoms with E-state index in [1.807, 2.05) is 0 Å². The van der Waals surface area contributed by atoms with Gasteiger partial charge in [-0.2, -0.15) is 0 Å². The van der Waals surface area contributed by atoms with Crippen LogP contribution in [-0.4, -0.2) is 20.6 Å². The third kappa shape index (κ3) is 3.92. The summed E-state index contributed by atoms with van der Waals surface area (Å²) in [5, 5.41) is 0. The van der Waals surface area contributed by atoms with E-state index in [4.69, 9.17) is 4.74 Å². The zero-order valence-corrected chi connectivity index (χ0v) is 13.2. The Labute approximate surface area is 132 Å². The van der Waals surface area contributed by atoms with Crippen LogP contribution in [0.2, 0.25) is 0 Å². The number of carbonyl (C=O) groups is 1. The van der Waals surface area contributed by atoms with Crippen LogP contribution in [0.5, 0.6) is 0 Å². The molecule has 7 heteroatoms. The van der Waals surface area contributed by atoms with Crippen LogP contribution in [0.15, 0.2) is 47.4 Å². The van der Waals surface area contributed by atoms with Gasteiger partial charge < -0.3 is 4.74 Å². The number of halogens is 2. The first-order valence-corrected chi connectivity index (χ1v) is 8.54. The van der Waals surface area contributed by atoms with Crippen molar-refractivity contribution < 1.29 is 26.7 Å². The molecule has 122 valence electrons. The van der Waals surface area contributed by atoms with Gasteiger partial charge in [0, 0.05) is 11.8 Å². The van der Waals surface area contributed by atoms with Crippen molar-refractivity contribution in [2.24, 2.45) is 0 Å². The van der Waals surface area contributed by atoms with Gasteiger partial charge in [-0.25, -0.2) is 22.0 Å². The maximum atomic E-state index is 13.7. The van der Waals surface area contributed by atoms with E-state index in [1.54, 1.807) is 0 Å². The highest BCUT2D eigenvalue weighted by molar-refractivity contribution is 7.90. The van der Waals surface area contributed by atoms with Gasteiger partial charge in [0.05, 0.1) is 10.5 Å². The molecule has 0 saturated carbocycles. The molecular formula is C16H14F2O4S. The summed E-state index contributed by atoms with van der Waals surface area (Å²) in [7, 11) is -3.63. The average molecular weight is 340 g/mol. The summed E-state index contributed by atoms with van der Waals surface area (Å²) < 4.78 is 55.4. The lowest BCUT2D eigenvalue weighted by Gasteiger charge is -2.15. The van der Waals surface area contributed by atoms with Crippen LogP contribution in [0.1, 0.15) is 28.9 Å². The molecule has 0 radical (unpaired) electrons. The Morgan fingerprint density at radius 2 is 1.78 bits per heavy atom. The van der Waals surface area contributed by atoms with E-state index >= 15 is 0 Å². The van der Waals surface area contributed by atoms with Crippen molar-refractivity contribution in [3.63, 3.8) is 0 Å². The summed E-state index contributed by atoms with van der Waals surface area (Å²) in [6.45, 7) is 1.37. The summed E-state index contributed by atoms with van der Waals surface area (Å²) in [5.74, 6) is -2.31. The highest BCUT2D eigenvalue weighted by atomic mass is 32.2. The second kappa shape index (κ2) is 6.45. The number of hydrogen-bond donors (Lipinski definition) is 0. The molecule has 0 heterocycles. The third-order valence-corrected chi connectivity index (χ3v) is 4.34. The first-order valence-electron chi connectivity index (χ1n) is 6.65. The molecule has 2 rings (SSSR count). The molecule has 0 unspecified atom stereocenters. The predicted octanol–water partition coefficient (Wildman–Crippen LogP) is 3.29. The maximum absolute atomic E-state index is 13.7. The largest absolute Gasteiger partial charge is 0.454 e. The second-order valence-electron chi connectivity index (χ2n) is 4.98. The van der Waals surface area contributed by atoms with Crippen molar-refractivity contribution in [2.45, 2.75) is 17.9 Å². The Morgan fingerprint density at radius 3 is 2.43 bits per heavy atom. The molecule has 0 saturated heterocycles. The van der Waals surface area contributed by atoms with E-state index in [2.05, 4.69) is 0 Å². The number of ether oxygens (including phenoxy) is 1. The van der Waals surface area contributed by atoms with Crippen molar-refractivity contribution >= 4 is 15.8 Å². The average Bonchev–Trinajstić information content (AvgIpc) is 2.48. The Kier molecular flexibility index (Phi) is 4.79. The topological polar surface area (TPSA) is 60.4 Å².